The molecule has 0 N–H and O–H groups in total. The summed E-state index contributed by atoms with van der Waals surface area (Å²) in [6, 6.07) is 8.80. The average molecular weight is 318 g/mol. The lowest BCUT2D eigenvalue weighted by Crippen LogP contribution is -2.22. The van der Waals surface area contributed by atoms with Crippen molar-refractivity contribution in [2.75, 3.05) is 6.54 Å². The lowest BCUT2D eigenvalue weighted by atomic mass is 10.2. The molecule has 0 spiro atoms. The summed E-state index contributed by atoms with van der Waals surface area (Å²) in [6.07, 6.45) is 6.51. The van der Waals surface area contributed by atoms with Crippen molar-refractivity contribution < 1.29 is 0 Å². The first kappa shape index (κ1) is 13.3. The van der Waals surface area contributed by atoms with Crippen molar-refractivity contribution in [3.63, 3.8) is 0 Å². The number of pyridine rings is 1. The summed E-state index contributed by atoms with van der Waals surface area (Å²) in [5.41, 5.74) is 2.07. The predicted molar refractivity (Wildman–Crippen MR) is 86.9 cm³/mol. The van der Waals surface area contributed by atoms with E-state index in [1.165, 1.54) is 17.7 Å². The van der Waals surface area contributed by atoms with E-state index < -0.39 is 0 Å². The normalized spacial score (nSPS) is 19.6. The largest absolute Gasteiger partial charge is 0.305 e. The highest BCUT2D eigenvalue weighted by Crippen LogP contribution is 2.35. The third-order valence-corrected chi connectivity index (χ3v) is 5.26. The molecule has 3 aromatic heterocycles. The third kappa shape index (κ3) is 2.59. The zero-order chi connectivity index (χ0) is 14.2. The van der Waals surface area contributed by atoms with Crippen molar-refractivity contribution >= 4 is 28.6 Å². The van der Waals surface area contributed by atoms with Gasteiger partial charge in [0.15, 0.2) is 0 Å². The molecule has 0 bridgehead atoms. The maximum Gasteiger partial charge on any atom is 0.137 e. The van der Waals surface area contributed by atoms with Crippen LogP contribution in [0.15, 0.2) is 42.0 Å². The number of thiophene rings is 1. The van der Waals surface area contributed by atoms with Crippen molar-refractivity contribution in [2.24, 2.45) is 0 Å². The molecular weight excluding hydrogens is 302 g/mol. The maximum absolute atomic E-state index is 6.03. The molecule has 1 aliphatic rings. The number of hydrogen-bond donors (Lipinski definition) is 0. The van der Waals surface area contributed by atoms with Crippen LogP contribution in [0.1, 0.15) is 29.5 Å². The first-order valence-electron chi connectivity index (χ1n) is 7.20. The van der Waals surface area contributed by atoms with Crippen LogP contribution < -0.4 is 0 Å². The summed E-state index contributed by atoms with van der Waals surface area (Å²) in [5.74, 6) is 0. The lowest BCUT2D eigenvalue weighted by molar-refractivity contribution is 0.249. The molecule has 0 aliphatic carbocycles. The Kier molecular flexibility index (Phi) is 3.45. The first-order valence-corrected chi connectivity index (χ1v) is 8.46. The molecule has 1 fully saturated rings. The molecule has 5 heteroatoms. The van der Waals surface area contributed by atoms with Gasteiger partial charge in [-0.05, 0) is 43.0 Å². The van der Waals surface area contributed by atoms with E-state index in [1.807, 2.05) is 34.1 Å². The Labute approximate surface area is 132 Å². The fraction of sp³-hybridized carbons (Fsp3) is 0.312. The van der Waals surface area contributed by atoms with Crippen LogP contribution in [-0.2, 0) is 6.54 Å². The molecule has 108 valence electrons. The number of aromatic nitrogens is 2. The van der Waals surface area contributed by atoms with Crippen LogP contribution in [0.3, 0.4) is 0 Å². The molecular formula is C16H16ClN3S. The van der Waals surface area contributed by atoms with Gasteiger partial charge in [-0.25, -0.2) is 4.98 Å². The van der Waals surface area contributed by atoms with Gasteiger partial charge in [0.1, 0.15) is 5.65 Å². The number of hydrogen-bond acceptors (Lipinski definition) is 3. The monoisotopic (exact) mass is 317 g/mol. The summed E-state index contributed by atoms with van der Waals surface area (Å²) < 4.78 is 2.01. The number of fused-ring (bicyclic) bond motifs is 1. The minimum absolute atomic E-state index is 0.554. The Morgan fingerprint density at radius 2 is 2.24 bits per heavy atom. The average Bonchev–Trinajstić information content (AvgIpc) is 3.16. The fourth-order valence-corrected chi connectivity index (χ4v) is 4.18. The zero-order valence-electron chi connectivity index (χ0n) is 11.6. The van der Waals surface area contributed by atoms with Crippen LogP contribution in [0.4, 0.5) is 0 Å². The highest BCUT2D eigenvalue weighted by molar-refractivity contribution is 7.10. The number of halogens is 1. The van der Waals surface area contributed by atoms with Gasteiger partial charge in [0, 0.05) is 29.9 Å². The third-order valence-electron chi connectivity index (χ3n) is 4.07. The van der Waals surface area contributed by atoms with Gasteiger partial charge < -0.3 is 4.40 Å². The standard InChI is InChI=1S/C16H16ClN3S/c17-12-5-6-16-18-13(11-20(16)9-12)10-19-7-1-3-14(19)15-4-2-8-21-15/h2,4-6,8-9,11,14H,1,3,7,10H2/t14-/m0/s1. The van der Waals surface area contributed by atoms with Crippen molar-refractivity contribution in [2.45, 2.75) is 25.4 Å². The predicted octanol–water partition coefficient (Wildman–Crippen LogP) is 4.39. The molecule has 21 heavy (non-hydrogen) atoms. The number of nitrogens with zero attached hydrogens (tertiary/aromatic N) is 3. The molecule has 0 amide bonds. The van der Waals surface area contributed by atoms with Gasteiger partial charge in [-0.1, -0.05) is 17.7 Å². The molecule has 0 saturated carbocycles. The minimum Gasteiger partial charge on any atom is -0.305 e. The minimum atomic E-state index is 0.554. The van der Waals surface area contributed by atoms with Gasteiger partial charge in [0.05, 0.1) is 10.7 Å². The number of rotatable bonds is 3. The van der Waals surface area contributed by atoms with Crippen LogP contribution in [0, 0.1) is 0 Å². The summed E-state index contributed by atoms with van der Waals surface area (Å²) in [4.78, 5) is 8.71. The van der Waals surface area contributed by atoms with Crippen LogP contribution in [0.5, 0.6) is 0 Å². The topological polar surface area (TPSA) is 20.5 Å². The second kappa shape index (κ2) is 5.44. The highest BCUT2D eigenvalue weighted by Gasteiger charge is 2.27. The Balaban J connectivity index is 1.59. The summed E-state index contributed by atoms with van der Waals surface area (Å²) in [7, 11) is 0. The Morgan fingerprint density at radius 1 is 1.29 bits per heavy atom. The summed E-state index contributed by atoms with van der Waals surface area (Å²) >= 11 is 7.89. The van der Waals surface area contributed by atoms with E-state index >= 15 is 0 Å². The number of imidazole rings is 1. The van der Waals surface area contributed by atoms with Crippen LogP contribution >= 0.6 is 22.9 Å². The van der Waals surface area contributed by atoms with Gasteiger partial charge in [0.2, 0.25) is 0 Å². The smallest absolute Gasteiger partial charge is 0.137 e. The Bertz CT molecular complexity index is 750. The fourth-order valence-electron chi connectivity index (χ4n) is 3.12. The molecule has 3 nitrogen and oxygen atoms in total. The van der Waals surface area contributed by atoms with E-state index in [2.05, 4.69) is 28.6 Å². The molecule has 0 aromatic carbocycles. The van der Waals surface area contributed by atoms with Crippen molar-refractivity contribution in [3.05, 3.63) is 57.6 Å². The van der Waals surface area contributed by atoms with E-state index in [-0.39, 0.29) is 0 Å². The van der Waals surface area contributed by atoms with Crippen LogP contribution in [-0.4, -0.2) is 20.8 Å². The first-order chi connectivity index (χ1) is 10.3. The lowest BCUT2D eigenvalue weighted by Gasteiger charge is -2.22. The second-order valence-electron chi connectivity index (χ2n) is 5.49. The maximum atomic E-state index is 6.03. The molecule has 0 unspecified atom stereocenters. The summed E-state index contributed by atoms with van der Waals surface area (Å²) in [6.45, 7) is 2.05. The van der Waals surface area contributed by atoms with Gasteiger partial charge in [-0.3, -0.25) is 4.90 Å². The van der Waals surface area contributed by atoms with E-state index in [1.54, 1.807) is 0 Å². The highest BCUT2D eigenvalue weighted by atomic mass is 35.5. The van der Waals surface area contributed by atoms with Gasteiger partial charge in [-0.15, -0.1) is 11.3 Å². The molecule has 1 aliphatic heterocycles. The molecule has 0 radical (unpaired) electrons. The van der Waals surface area contributed by atoms with Gasteiger partial charge in [-0.2, -0.15) is 0 Å². The van der Waals surface area contributed by atoms with E-state index in [9.17, 15) is 0 Å². The van der Waals surface area contributed by atoms with Gasteiger partial charge >= 0.3 is 0 Å². The zero-order valence-corrected chi connectivity index (χ0v) is 13.1. The van der Waals surface area contributed by atoms with Crippen molar-refractivity contribution in [3.8, 4) is 0 Å². The van der Waals surface area contributed by atoms with E-state index in [0.717, 1.165) is 29.5 Å². The van der Waals surface area contributed by atoms with Crippen LogP contribution in [0.2, 0.25) is 5.02 Å². The van der Waals surface area contributed by atoms with Crippen molar-refractivity contribution in [1.82, 2.24) is 14.3 Å². The Morgan fingerprint density at radius 3 is 3.10 bits per heavy atom. The summed E-state index contributed by atoms with van der Waals surface area (Å²) in [5, 5.41) is 2.91. The second-order valence-corrected chi connectivity index (χ2v) is 6.90. The number of likely N-dealkylation sites (tertiary alicyclic amines) is 1. The molecule has 4 rings (SSSR count). The molecule has 3 aromatic rings. The van der Waals surface area contributed by atoms with E-state index in [4.69, 9.17) is 16.6 Å². The van der Waals surface area contributed by atoms with E-state index in [0.29, 0.717) is 6.04 Å². The van der Waals surface area contributed by atoms with Gasteiger partial charge in [0.25, 0.3) is 0 Å². The molecule has 1 saturated heterocycles. The molecule has 1 atom stereocenters. The van der Waals surface area contributed by atoms with Crippen LogP contribution in [0.25, 0.3) is 5.65 Å². The quantitative estimate of drug-likeness (QED) is 0.714. The SMILES string of the molecule is Clc1ccc2nc(CN3CCC[C@H]3c3cccs3)cn2c1. The Hall–Kier alpha value is -1.36. The molecule has 4 heterocycles. The van der Waals surface area contributed by atoms with Crippen molar-refractivity contribution in [1.29, 1.82) is 0 Å².